The van der Waals surface area contributed by atoms with Crippen molar-refractivity contribution in [3.05, 3.63) is 86.0 Å². The van der Waals surface area contributed by atoms with Crippen LogP contribution in [0.15, 0.2) is 86.0 Å². The third-order valence-corrected chi connectivity index (χ3v) is 11.7. The summed E-state index contributed by atoms with van der Waals surface area (Å²) in [5.41, 5.74) is 0. The third-order valence-electron chi connectivity index (χ3n) is 3.00. The number of hydrogen-bond acceptors (Lipinski definition) is 2. The van der Waals surface area contributed by atoms with Crippen LogP contribution in [0.25, 0.3) is 0 Å². The zero-order valence-electron chi connectivity index (χ0n) is 12.1. The van der Waals surface area contributed by atoms with Gasteiger partial charge in [0.1, 0.15) is 0 Å². The Hall–Kier alpha value is -1.68. The first-order valence-electron chi connectivity index (χ1n) is 6.98. The number of allylic oxidation sites excluding steroid dienone is 2. The molecule has 2 nitrogen and oxygen atoms in total. The molecule has 0 spiro atoms. The van der Waals surface area contributed by atoms with Gasteiger partial charge in [0, 0.05) is 0 Å². The summed E-state index contributed by atoms with van der Waals surface area (Å²) in [6.45, 7) is 7.74. The monoisotopic (exact) mass is 388 g/mol. The van der Waals surface area contributed by atoms with Crippen molar-refractivity contribution in [1.82, 2.24) is 0 Å². The molecule has 0 aliphatic heterocycles. The molecule has 0 aliphatic carbocycles. The molecule has 0 aromatic heterocycles. The van der Waals surface area contributed by atoms with Crippen molar-refractivity contribution in [1.29, 1.82) is 0 Å². The molecule has 2 aromatic rings. The predicted molar refractivity (Wildman–Crippen MR) is 89.9 cm³/mol. The molecule has 0 atom stereocenters. The fourth-order valence-corrected chi connectivity index (χ4v) is 9.40. The Morgan fingerprint density at radius 2 is 1.10 bits per heavy atom. The second-order valence-corrected chi connectivity index (χ2v) is 13.4. The van der Waals surface area contributed by atoms with Crippen LogP contribution < -0.4 is 6.15 Å². The molecule has 0 radical (unpaired) electrons. The predicted octanol–water partition coefficient (Wildman–Crippen LogP) is 4.96. The second-order valence-electron chi connectivity index (χ2n) is 4.73. The number of hydrogen-bond donors (Lipinski definition) is 0. The third kappa shape index (κ3) is 4.67. The Morgan fingerprint density at radius 1 is 0.714 bits per heavy atom. The van der Waals surface area contributed by atoms with E-state index >= 15 is 0 Å². The van der Waals surface area contributed by atoms with E-state index in [-0.39, 0.29) is 0 Å². The molecular weight excluding hydrogens is 367 g/mol. The number of para-hydroxylation sites is 2. The minimum atomic E-state index is -3.38. The number of rotatable bonds is 8. The van der Waals surface area contributed by atoms with E-state index in [1.165, 1.54) is 0 Å². The first-order valence-corrected chi connectivity index (χ1v) is 13.3. The van der Waals surface area contributed by atoms with Crippen molar-refractivity contribution in [3.8, 4) is 11.5 Å². The molecule has 2 rings (SSSR count). The normalized spacial score (nSPS) is 10.7. The molecule has 0 fully saturated rings. The molecule has 21 heavy (non-hydrogen) atoms. The molecule has 2 aromatic carbocycles. The Kier molecular flexibility index (Phi) is 5.93. The zero-order chi connectivity index (χ0) is 15.0. The molecular formula is C18H20O2Sn. The Morgan fingerprint density at radius 3 is 1.43 bits per heavy atom. The molecule has 0 amide bonds. The molecule has 0 N–H and O–H groups in total. The van der Waals surface area contributed by atoms with Gasteiger partial charge in [0.25, 0.3) is 0 Å². The molecule has 3 heteroatoms. The van der Waals surface area contributed by atoms with E-state index in [1.54, 1.807) is 0 Å². The van der Waals surface area contributed by atoms with Crippen molar-refractivity contribution in [3.63, 3.8) is 0 Å². The quantitative estimate of drug-likeness (QED) is 0.471. The van der Waals surface area contributed by atoms with Crippen LogP contribution in [0.2, 0.25) is 8.87 Å². The topological polar surface area (TPSA) is 18.5 Å². The van der Waals surface area contributed by atoms with E-state index in [1.807, 2.05) is 72.8 Å². The van der Waals surface area contributed by atoms with Gasteiger partial charge in [0.2, 0.25) is 0 Å². The van der Waals surface area contributed by atoms with E-state index in [0.29, 0.717) is 0 Å². The van der Waals surface area contributed by atoms with Gasteiger partial charge in [-0.3, -0.25) is 0 Å². The first kappa shape index (κ1) is 15.7. The van der Waals surface area contributed by atoms with Crippen LogP contribution in [-0.4, -0.2) is 19.2 Å². The Bertz CT molecular complexity index is 513. The van der Waals surface area contributed by atoms with Gasteiger partial charge >= 0.3 is 132 Å². The fraction of sp³-hybridized carbons (Fsp3) is 0.111. The van der Waals surface area contributed by atoms with Gasteiger partial charge in [-0.25, -0.2) is 0 Å². The van der Waals surface area contributed by atoms with E-state index in [2.05, 4.69) is 13.2 Å². The van der Waals surface area contributed by atoms with E-state index in [0.717, 1.165) is 20.4 Å². The minimum absolute atomic E-state index is 0.768. The summed E-state index contributed by atoms with van der Waals surface area (Å²) in [6, 6.07) is 19.7. The van der Waals surface area contributed by atoms with Crippen molar-refractivity contribution < 1.29 is 6.15 Å². The fourth-order valence-electron chi connectivity index (χ4n) is 2.12. The average molecular weight is 387 g/mol. The SMILES string of the molecule is C=C[CH2][Sn]([CH2]C=C)([O]c1ccccc1)[O]c1ccccc1. The number of benzene rings is 2. The maximum absolute atomic E-state index is 6.33. The zero-order valence-corrected chi connectivity index (χ0v) is 14.9. The van der Waals surface area contributed by atoms with Gasteiger partial charge in [-0.05, 0) is 0 Å². The van der Waals surface area contributed by atoms with Crippen LogP contribution >= 0.6 is 0 Å². The molecule has 0 aliphatic rings. The summed E-state index contributed by atoms with van der Waals surface area (Å²) in [4.78, 5) is 0. The Labute approximate surface area is 131 Å². The summed E-state index contributed by atoms with van der Waals surface area (Å²) in [5.74, 6) is 1.71. The Balaban J connectivity index is 2.27. The van der Waals surface area contributed by atoms with Gasteiger partial charge in [-0.15, -0.1) is 0 Å². The maximum atomic E-state index is 6.33. The molecule has 0 heterocycles. The van der Waals surface area contributed by atoms with Gasteiger partial charge in [0.15, 0.2) is 0 Å². The van der Waals surface area contributed by atoms with Crippen molar-refractivity contribution >= 4 is 19.2 Å². The summed E-state index contributed by atoms with van der Waals surface area (Å²) < 4.78 is 14.2. The van der Waals surface area contributed by atoms with Crippen molar-refractivity contribution in [2.45, 2.75) is 8.87 Å². The van der Waals surface area contributed by atoms with Crippen LogP contribution in [0.5, 0.6) is 11.5 Å². The first-order chi connectivity index (χ1) is 10.3. The van der Waals surface area contributed by atoms with Crippen molar-refractivity contribution in [2.75, 3.05) is 0 Å². The summed E-state index contributed by atoms with van der Waals surface area (Å²) in [7, 11) is 0. The standard InChI is InChI=1S/2C6H6O.2C3H5.Sn/c2*7-6-4-2-1-3-5-6;2*1-3-2;/h2*1-5,7H;2*3H,1-2H2;/q;;;;+2/p-2. The van der Waals surface area contributed by atoms with Crippen LogP contribution in [0.4, 0.5) is 0 Å². The molecule has 0 saturated heterocycles. The molecule has 0 saturated carbocycles. The van der Waals surface area contributed by atoms with Gasteiger partial charge < -0.3 is 0 Å². The molecule has 0 bridgehead atoms. The van der Waals surface area contributed by atoms with E-state index in [9.17, 15) is 0 Å². The van der Waals surface area contributed by atoms with E-state index < -0.39 is 19.2 Å². The van der Waals surface area contributed by atoms with Crippen molar-refractivity contribution in [2.24, 2.45) is 0 Å². The summed E-state index contributed by atoms with van der Waals surface area (Å²) in [5, 5.41) is 0. The van der Waals surface area contributed by atoms with Gasteiger partial charge in [0.05, 0.1) is 0 Å². The van der Waals surface area contributed by atoms with Crippen LogP contribution in [-0.2, 0) is 0 Å². The van der Waals surface area contributed by atoms with Crippen LogP contribution in [0.1, 0.15) is 0 Å². The molecule has 0 unspecified atom stereocenters. The van der Waals surface area contributed by atoms with Gasteiger partial charge in [-0.2, -0.15) is 0 Å². The second kappa shape index (κ2) is 7.93. The van der Waals surface area contributed by atoms with E-state index in [4.69, 9.17) is 6.15 Å². The van der Waals surface area contributed by atoms with Crippen LogP contribution in [0.3, 0.4) is 0 Å². The molecule has 108 valence electrons. The average Bonchev–Trinajstić information content (AvgIpc) is 2.50. The van der Waals surface area contributed by atoms with Gasteiger partial charge in [-0.1, -0.05) is 0 Å². The van der Waals surface area contributed by atoms with Crippen LogP contribution in [0, 0.1) is 0 Å². The summed E-state index contributed by atoms with van der Waals surface area (Å²) in [6.07, 6.45) is 3.79. The summed E-state index contributed by atoms with van der Waals surface area (Å²) >= 11 is -3.38.